The quantitative estimate of drug-likeness (QED) is 0.743. The molecule has 0 radical (unpaired) electrons. The van der Waals surface area contributed by atoms with Crippen LogP contribution >= 0.6 is 0 Å². The van der Waals surface area contributed by atoms with Crippen LogP contribution in [0.2, 0.25) is 0 Å². The zero-order valence-electron chi connectivity index (χ0n) is 8.58. The Morgan fingerprint density at radius 1 is 1.50 bits per heavy atom. The fourth-order valence-electron chi connectivity index (χ4n) is 1.18. The van der Waals surface area contributed by atoms with Gasteiger partial charge in [0.25, 0.3) is 5.91 Å². The van der Waals surface area contributed by atoms with Crippen LogP contribution in [0.4, 0.5) is 5.95 Å². The minimum Gasteiger partial charge on any atom is -0.364 e. The van der Waals surface area contributed by atoms with Gasteiger partial charge in [-0.3, -0.25) is 4.79 Å². The highest BCUT2D eigenvalue weighted by molar-refractivity contribution is 5.90. The maximum Gasteiger partial charge on any atom is 0.269 e. The first-order valence-corrected chi connectivity index (χ1v) is 4.57. The van der Waals surface area contributed by atoms with E-state index in [1.54, 1.807) is 25.5 Å². The van der Waals surface area contributed by atoms with E-state index in [0.717, 1.165) is 0 Å². The predicted molar refractivity (Wildman–Crippen MR) is 57.2 cm³/mol. The molecule has 0 saturated carbocycles. The molecule has 0 spiro atoms. The first-order chi connectivity index (χ1) is 7.70. The van der Waals surface area contributed by atoms with Gasteiger partial charge in [-0.15, -0.1) is 0 Å². The van der Waals surface area contributed by atoms with Crippen molar-refractivity contribution < 1.29 is 4.79 Å². The Hall–Kier alpha value is -2.44. The molecule has 2 rings (SSSR count). The number of nitrogens with zero attached hydrogens (tertiary/aromatic N) is 4. The number of carbonyl (C=O) groups is 1. The lowest BCUT2D eigenvalue weighted by Crippen LogP contribution is -2.12. The zero-order chi connectivity index (χ0) is 11.5. The van der Waals surface area contributed by atoms with E-state index in [1.807, 2.05) is 0 Å². The lowest BCUT2D eigenvalue weighted by Gasteiger charge is -2.01. The number of amides is 1. The summed E-state index contributed by atoms with van der Waals surface area (Å²) in [6.07, 6.45) is 3.21. The molecule has 2 aromatic rings. The van der Waals surface area contributed by atoms with E-state index in [-0.39, 0.29) is 5.69 Å². The zero-order valence-corrected chi connectivity index (χ0v) is 8.58. The van der Waals surface area contributed by atoms with Gasteiger partial charge in [0.15, 0.2) is 5.82 Å². The molecular formula is C9H10N6O. The van der Waals surface area contributed by atoms with E-state index in [0.29, 0.717) is 11.8 Å². The minimum absolute atomic E-state index is 0.199. The van der Waals surface area contributed by atoms with E-state index in [4.69, 9.17) is 5.73 Å². The third kappa shape index (κ3) is 1.83. The van der Waals surface area contributed by atoms with Gasteiger partial charge >= 0.3 is 0 Å². The molecule has 0 fully saturated rings. The smallest absolute Gasteiger partial charge is 0.269 e. The number of rotatable bonds is 3. The van der Waals surface area contributed by atoms with Gasteiger partial charge in [0.1, 0.15) is 5.69 Å². The van der Waals surface area contributed by atoms with Crippen molar-refractivity contribution in [1.29, 1.82) is 0 Å². The standard InChI is InChI=1S/C9H10N6O/c1-11-9-12-4-2-7(13-9)15-5-3-6(14-15)8(10)16/h2-5H,1H3,(H2,10,16)(H,11,12,13). The maximum absolute atomic E-state index is 10.9. The molecule has 0 aliphatic carbocycles. The van der Waals surface area contributed by atoms with E-state index in [9.17, 15) is 4.79 Å². The summed E-state index contributed by atoms with van der Waals surface area (Å²) in [4.78, 5) is 19.0. The van der Waals surface area contributed by atoms with Crippen LogP contribution in [-0.4, -0.2) is 32.7 Å². The molecule has 0 bridgehead atoms. The molecule has 1 amide bonds. The number of anilines is 1. The monoisotopic (exact) mass is 218 g/mol. The fourth-order valence-corrected chi connectivity index (χ4v) is 1.18. The minimum atomic E-state index is -0.568. The number of hydrogen-bond donors (Lipinski definition) is 2. The second-order valence-electron chi connectivity index (χ2n) is 3.00. The van der Waals surface area contributed by atoms with E-state index >= 15 is 0 Å². The number of nitrogens with one attached hydrogen (secondary N) is 1. The summed E-state index contributed by atoms with van der Waals surface area (Å²) in [7, 11) is 1.72. The Labute approximate surface area is 91.3 Å². The van der Waals surface area contributed by atoms with Crippen LogP contribution in [0.25, 0.3) is 5.82 Å². The summed E-state index contributed by atoms with van der Waals surface area (Å²) in [6, 6.07) is 3.21. The average molecular weight is 218 g/mol. The van der Waals surface area contributed by atoms with Crippen molar-refractivity contribution in [3.05, 3.63) is 30.2 Å². The SMILES string of the molecule is CNc1nccc(-n2ccc(C(N)=O)n2)n1. The summed E-state index contributed by atoms with van der Waals surface area (Å²) in [5, 5.41) is 6.79. The van der Waals surface area contributed by atoms with Crippen LogP contribution in [0.3, 0.4) is 0 Å². The molecule has 0 aliphatic heterocycles. The molecule has 7 heteroatoms. The summed E-state index contributed by atoms with van der Waals surface area (Å²) in [5.74, 6) is 0.474. The Morgan fingerprint density at radius 3 is 2.94 bits per heavy atom. The van der Waals surface area contributed by atoms with Crippen molar-refractivity contribution in [2.45, 2.75) is 0 Å². The molecule has 3 N–H and O–H groups in total. The van der Waals surface area contributed by atoms with E-state index < -0.39 is 5.91 Å². The molecule has 16 heavy (non-hydrogen) atoms. The van der Waals surface area contributed by atoms with Crippen molar-refractivity contribution in [3.8, 4) is 5.82 Å². The van der Waals surface area contributed by atoms with Crippen molar-refractivity contribution >= 4 is 11.9 Å². The molecule has 7 nitrogen and oxygen atoms in total. The van der Waals surface area contributed by atoms with Crippen molar-refractivity contribution in [2.75, 3.05) is 12.4 Å². The summed E-state index contributed by atoms with van der Waals surface area (Å²) < 4.78 is 1.46. The fraction of sp³-hybridized carbons (Fsp3) is 0.111. The third-order valence-corrected chi connectivity index (χ3v) is 1.94. The first-order valence-electron chi connectivity index (χ1n) is 4.57. The molecule has 82 valence electrons. The van der Waals surface area contributed by atoms with Crippen molar-refractivity contribution in [1.82, 2.24) is 19.7 Å². The lowest BCUT2D eigenvalue weighted by molar-refractivity contribution is 0.0995. The van der Waals surface area contributed by atoms with Gasteiger partial charge in [0.2, 0.25) is 5.95 Å². The number of carbonyl (C=O) groups excluding carboxylic acids is 1. The Balaban J connectivity index is 2.38. The lowest BCUT2D eigenvalue weighted by atomic mass is 10.4. The van der Waals surface area contributed by atoms with Gasteiger partial charge in [-0.2, -0.15) is 10.1 Å². The predicted octanol–water partition coefficient (Wildman–Crippen LogP) is -0.197. The summed E-state index contributed by atoms with van der Waals surface area (Å²) >= 11 is 0. The molecule has 0 atom stereocenters. The highest BCUT2D eigenvalue weighted by atomic mass is 16.1. The number of aromatic nitrogens is 4. The molecular weight excluding hydrogens is 208 g/mol. The van der Waals surface area contributed by atoms with Gasteiger partial charge in [-0.05, 0) is 6.07 Å². The largest absolute Gasteiger partial charge is 0.364 e. The molecule has 0 unspecified atom stereocenters. The van der Waals surface area contributed by atoms with Gasteiger partial charge in [0, 0.05) is 25.5 Å². The normalized spacial score (nSPS) is 10.1. The molecule has 2 heterocycles. The Bertz CT molecular complexity index is 520. The van der Waals surface area contributed by atoms with Crippen LogP contribution in [0.5, 0.6) is 0 Å². The second kappa shape index (κ2) is 3.97. The maximum atomic E-state index is 10.9. The average Bonchev–Trinajstić information content (AvgIpc) is 2.78. The van der Waals surface area contributed by atoms with Crippen LogP contribution in [-0.2, 0) is 0 Å². The Kier molecular flexibility index (Phi) is 2.50. The summed E-state index contributed by atoms with van der Waals surface area (Å²) in [6.45, 7) is 0. The van der Waals surface area contributed by atoms with Crippen LogP contribution in [0.15, 0.2) is 24.5 Å². The van der Waals surface area contributed by atoms with Crippen molar-refractivity contribution in [2.24, 2.45) is 5.73 Å². The first kappa shape index (κ1) is 10.1. The van der Waals surface area contributed by atoms with Crippen LogP contribution < -0.4 is 11.1 Å². The van der Waals surface area contributed by atoms with Gasteiger partial charge in [-0.25, -0.2) is 9.67 Å². The number of hydrogen-bond acceptors (Lipinski definition) is 5. The van der Waals surface area contributed by atoms with E-state index in [2.05, 4.69) is 20.4 Å². The highest BCUT2D eigenvalue weighted by Gasteiger charge is 2.06. The number of primary amides is 1. The molecule has 0 aliphatic rings. The highest BCUT2D eigenvalue weighted by Crippen LogP contribution is 2.05. The summed E-state index contributed by atoms with van der Waals surface area (Å²) in [5.41, 5.74) is 5.30. The molecule has 2 aromatic heterocycles. The third-order valence-electron chi connectivity index (χ3n) is 1.94. The van der Waals surface area contributed by atoms with Crippen LogP contribution in [0.1, 0.15) is 10.5 Å². The Morgan fingerprint density at radius 2 is 2.31 bits per heavy atom. The van der Waals surface area contributed by atoms with Crippen molar-refractivity contribution in [3.63, 3.8) is 0 Å². The van der Waals surface area contributed by atoms with Gasteiger partial charge < -0.3 is 11.1 Å². The molecule has 0 saturated heterocycles. The second-order valence-corrected chi connectivity index (χ2v) is 3.00. The number of nitrogens with two attached hydrogens (primary N) is 1. The van der Waals surface area contributed by atoms with E-state index in [1.165, 1.54) is 10.7 Å². The van der Waals surface area contributed by atoms with Gasteiger partial charge in [0.05, 0.1) is 0 Å². The van der Waals surface area contributed by atoms with Gasteiger partial charge in [-0.1, -0.05) is 0 Å². The van der Waals surface area contributed by atoms with Crippen LogP contribution in [0, 0.1) is 0 Å². The topological polar surface area (TPSA) is 98.7 Å². The molecule has 0 aromatic carbocycles.